The summed E-state index contributed by atoms with van der Waals surface area (Å²) in [6, 6.07) is 9.29. The fourth-order valence-electron chi connectivity index (χ4n) is 3.93. The van der Waals surface area contributed by atoms with Crippen LogP contribution in [0, 0.1) is 0 Å². The summed E-state index contributed by atoms with van der Waals surface area (Å²) >= 11 is 6.34. The van der Waals surface area contributed by atoms with E-state index in [1.165, 1.54) is 0 Å². The smallest absolute Gasteiger partial charge is 0.0822 e. The third-order valence-corrected chi connectivity index (χ3v) is 6.27. The maximum Gasteiger partial charge on any atom is 0.0822 e. The summed E-state index contributed by atoms with van der Waals surface area (Å²) < 4.78 is 0. The number of halogens is 1. The highest BCUT2D eigenvalue weighted by atomic mass is 35.5. The normalized spacial score (nSPS) is 22.3. The minimum absolute atomic E-state index is 0.229. The van der Waals surface area contributed by atoms with Crippen LogP contribution in [0.3, 0.4) is 0 Å². The van der Waals surface area contributed by atoms with Crippen LogP contribution in [0.2, 0.25) is 5.02 Å². The van der Waals surface area contributed by atoms with Gasteiger partial charge in [-0.25, -0.2) is 0 Å². The highest BCUT2D eigenvalue weighted by Gasteiger charge is 2.33. The van der Waals surface area contributed by atoms with Gasteiger partial charge in [0.1, 0.15) is 0 Å². The van der Waals surface area contributed by atoms with Gasteiger partial charge >= 0.3 is 0 Å². The number of nitrogens with zero attached hydrogens (tertiary/aromatic N) is 2. The van der Waals surface area contributed by atoms with Gasteiger partial charge in [-0.3, -0.25) is 9.80 Å². The van der Waals surface area contributed by atoms with E-state index < -0.39 is 0 Å². The molecule has 0 saturated carbocycles. The molecule has 1 heterocycles. The molecule has 0 bridgehead atoms. The Morgan fingerprint density at radius 1 is 1.20 bits per heavy atom. The Bertz CT molecular complexity index is 514. The minimum atomic E-state index is -0.312. The summed E-state index contributed by atoms with van der Waals surface area (Å²) in [4.78, 5) is 4.90. The second-order valence-electron chi connectivity index (χ2n) is 7.55. The van der Waals surface area contributed by atoms with Gasteiger partial charge in [0.15, 0.2) is 0 Å². The fourth-order valence-corrected chi connectivity index (χ4v) is 4.13. The molecule has 0 aliphatic carbocycles. The van der Waals surface area contributed by atoms with Crippen molar-refractivity contribution in [3.63, 3.8) is 0 Å². The minimum Gasteiger partial charge on any atom is -0.390 e. The summed E-state index contributed by atoms with van der Waals surface area (Å²) in [6.07, 6.45) is 4.14. The SMILES string of the molecule is CCC(C)N(CC(O)C1CCCN1Cc1ccccc1Cl)C(C)CC. The van der Waals surface area contributed by atoms with Gasteiger partial charge < -0.3 is 5.11 Å². The van der Waals surface area contributed by atoms with E-state index in [-0.39, 0.29) is 12.1 Å². The summed E-state index contributed by atoms with van der Waals surface area (Å²) in [6.45, 7) is 11.6. The van der Waals surface area contributed by atoms with Crippen LogP contribution in [0.1, 0.15) is 58.9 Å². The predicted molar refractivity (Wildman–Crippen MR) is 107 cm³/mol. The van der Waals surface area contributed by atoms with Crippen molar-refractivity contribution in [2.24, 2.45) is 0 Å². The molecule has 1 aromatic rings. The first-order valence-electron chi connectivity index (χ1n) is 9.89. The Balaban J connectivity index is 2.03. The van der Waals surface area contributed by atoms with Crippen molar-refractivity contribution < 1.29 is 5.11 Å². The fraction of sp³-hybridized carbons (Fsp3) is 0.714. The van der Waals surface area contributed by atoms with Gasteiger partial charge in [0.2, 0.25) is 0 Å². The summed E-state index contributed by atoms with van der Waals surface area (Å²) in [7, 11) is 0. The molecule has 142 valence electrons. The van der Waals surface area contributed by atoms with E-state index in [0.29, 0.717) is 12.1 Å². The molecule has 4 unspecified atom stereocenters. The molecule has 1 aromatic carbocycles. The molecule has 0 amide bonds. The third-order valence-electron chi connectivity index (χ3n) is 5.90. The zero-order valence-corrected chi connectivity index (χ0v) is 17.0. The van der Waals surface area contributed by atoms with Crippen LogP contribution in [-0.4, -0.2) is 52.2 Å². The molecule has 1 aliphatic heterocycles. The van der Waals surface area contributed by atoms with E-state index in [1.807, 2.05) is 18.2 Å². The highest BCUT2D eigenvalue weighted by Crippen LogP contribution is 2.26. The molecule has 1 saturated heterocycles. The molecule has 0 aromatic heterocycles. The predicted octanol–water partition coefficient (Wildman–Crippen LogP) is 4.56. The number of aliphatic hydroxyl groups is 1. The van der Waals surface area contributed by atoms with Crippen LogP contribution in [-0.2, 0) is 6.54 Å². The number of aliphatic hydroxyl groups excluding tert-OH is 1. The standard InChI is InChI=1S/C21H35ClN2O/c1-5-16(3)24(17(4)6-2)15-21(25)20-12-9-13-23(20)14-18-10-7-8-11-19(18)22/h7-8,10-11,16-17,20-21,25H,5-6,9,12-15H2,1-4H3. The van der Waals surface area contributed by atoms with Gasteiger partial charge in [0.25, 0.3) is 0 Å². The zero-order chi connectivity index (χ0) is 18.4. The number of hydrogen-bond acceptors (Lipinski definition) is 3. The number of likely N-dealkylation sites (tertiary alicyclic amines) is 1. The molecule has 1 fully saturated rings. The van der Waals surface area contributed by atoms with E-state index in [4.69, 9.17) is 11.6 Å². The summed E-state index contributed by atoms with van der Waals surface area (Å²) in [5, 5.41) is 11.8. The monoisotopic (exact) mass is 366 g/mol. The van der Waals surface area contributed by atoms with Crippen LogP contribution < -0.4 is 0 Å². The average molecular weight is 367 g/mol. The number of rotatable bonds is 9. The van der Waals surface area contributed by atoms with E-state index in [1.54, 1.807) is 0 Å². The lowest BCUT2D eigenvalue weighted by Gasteiger charge is -2.38. The van der Waals surface area contributed by atoms with Crippen molar-refractivity contribution in [2.45, 2.75) is 84.2 Å². The van der Waals surface area contributed by atoms with Crippen LogP contribution in [0.25, 0.3) is 0 Å². The lowest BCUT2D eigenvalue weighted by Crippen LogP contribution is -2.50. The van der Waals surface area contributed by atoms with Gasteiger partial charge in [-0.15, -0.1) is 0 Å². The Morgan fingerprint density at radius 3 is 2.44 bits per heavy atom. The molecule has 25 heavy (non-hydrogen) atoms. The van der Waals surface area contributed by atoms with Gasteiger partial charge in [-0.2, -0.15) is 0 Å². The van der Waals surface area contributed by atoms with Crippen LogP contribution in [0.15, 0.2) is 24.3 Å². The second kappa shape index (κ2) is 9.91. The van der Waals surface area contributed by atoms with Gasteiger partial charge in [0.05, 0.1) is 6.10 Å². The van der Waals surface area contributed by atoms with Crippen LogP contribution >= 0.6 is 11.6 Å². The van der Waals surface area contributed by atoms with E-state index in [0.717, 1.165) is 55.9 Å². The molecule has 1 aliphatic rings. The Hall–Kier alpha value is -0.610. The van der Waals surface area contributed by atoms with Crippen molar-refractivity contribution in [2.75, 3.05) is 13.1 Å². The summed E-state index contributed by atoms with van der Waals surface area (Å²) in [5.74, 6) is 0. The number of hydrogen-bond donors (Lipinski definition) is 1. The second-order valence-corrected chi connectivity index (χ2v) is 7.96. The molecule has 0 spiro atoms. The lowest BCUT2D eigenvalue weighted by molar-refractivity contribution is 0.0140. The maximum absolute atomic E-state index is 11.0. The van der Waals surface area contributed by atoms with Crippen LogP contribution in [0.5, 0.6) is 0 Å². The topological polar surface area (TPSA) is 26.7 Å². The van der Waals surface area contributed by atoms with E-state index in [2.05, 4.69) is 43.6 Å². The van der Waals surface area contributed by atoms with Gasteiger partial charge in [0, 0.05) is 36.2 Å². The summed E-state index contributed by atoms with van der Waals surface area (Å²) in [5.41, 5.74) is 1.16. The molecule has 1 N–H and O–H groups in total. The Labute approximate surface area is 159 Å². The maximum atomic E-state index is 11.0. The molecule has 2 rings (SSSR count). The van der Waals surface area contributed by atoms with Crippen molar-refractivity contribution >= 4 is 11.6 Å². The van der Waals surface area contributed by atoms with Gasteiger partial charge in [-0.05, 0) is 57.7 Å². The van der Waals surface area contributed by atoms with Gasteiger partial charge in [-0.1, -0.05) is 43.6 Å². The first-order valence-corrected chi connectivity index (χ1v) is 10.3. The lowest BCUT2D eigenvalue weighted by atomic mass is 10.0. The third kappa shape index (κ3) is 5.43. The van der Waals surface area contributed by atoms with Crippen molar-refractivity contribution in [1.29, 1.82) is 0 Å². The first-order chi connectivity index (χ1) is 12.0. The molecule has 0 radical (unpaired) electrons. The molecular formula is C21H35ClN2O. The quantitative estimate of drug-likeness (QED) is 0.693. The van der Waals surface area contributed by atoms with E-state index >= 15 is 0 Å². The van der Waals surface area contributed by atoms with Crippen LogP contribution in [0.4, 0.5) is 0 Å². The highest BCUT2D eigenvalue weighted by molar-refractivity contribution is 6.31. The Kier molecular flexibility index (Phi) is 8.21. The molecule has 3 nitrogen and oxygen atoms in total. The van der Waals surface area contributed by atoms with Crippen molar-refractivity contribution in [3.05, 3.63) is 34.9 Å². The largest absolute Gasteiger partial charge is 0.390 e. The molecular weight excluding hydrogens is 332 g/mol. The Morgan fingerprint density at radius 2 is 1.84 bits per heavy atom. The van der Waals surface area contributed by atoms with Crippen molar-refractivity contribution in [3.8, 4) is 0 Å². The molecule has 4 heteroatoms. The average Bonchev–Trinajstić information content (AvgIpc) is 3.08. The van der Waals surface area contributed by atoms with E-state index in [9.17, 15) is 5.11 Å². The zero-order valence-electron chi connectivity index (χ0n) is 16.3. The molecule has 4 atom stereocenters. The first kappa shape index (κ1) is 20.7. The number of benzene rings is 1. The van der Waals surface area contributed by atoms with Crippen molar-refractivity contribution in [1.82, 2.24) is 9.80 Å².